The lowest BCUT2D eigenvalue weighted by Crippen LogP contribution is -2.06. The fraction of sp³-hybridized carbons (Fsp3) is 0.636. The normalized spacial score (nSPS) is 10.5. The number of anilines is 1. The molecular formula is C11H18N2O2S2. The van der Waals surface area contributed by atoms with Gasteiger partial charge in [-0.15, -0.1) is 0 Å². The lowest BCUT2D eigenvalue weighted by Gasteiger charge is -2.04. The summed E-state index contributed by atoms with van der Waals surface area (Å²) >= 11 is 3.09. The van der Waals surface area contributed by atoms with E-state index in [2.05, 4.69) is 15.9 Å². The standard InChI is InChI=1S/C11H18N2O2S2/c1-8-9(11(14)15)10(17-13-8)12-6-4-3-5-7-16-2/h12H,3-7H2,1-2H3,(H,14,15). The van der Waals surface area contributed by atoms with Crippen molar-refractivity contribution in [2.75, 3.05) is 23.9 Å². The van der Waals surface area contributed by atoms with Gasteiger partial charge in [0.05, 0.1) is 5.69 Å². The molecule has 0 saturated heterocycles. The molecular weight excluding hydrogens is 256 g/mol. The van der Waals surface area contributed by atoms with Crippen LogP contribution >= 0.6 is 23.3 Å². The maximum absolute atomic E-state index is 11.0. The Morgan fingerprint density at radius 1 is 1.47 bits per heavy atom. The predicted molar refractivity (Wildman–Crippen MR) is 74.5 cm³/mol. The molecule has 96 valence electrons. The Morgan fingerprint density at radius 3 is 2.88 bits per heavy atom. The van der Waals surface area contributed by atoms with E-state index in [0.29, 0.717) is 16.3 Å². The number of hydrogen-bond donors (Lipinski definition) is 2. The van der Waals surface area contributed by atoms with E-state index in [9.17, 15) is 4.79 Å². The fourth-order valence-corrected chi connectivity index (χ4v) is 2.80. The number of carbonyl (C=O) groups is 1. The molecule has 0 aromatic carbocycles. The Hall–Kier alpha value is -0.750. The van der Waals surface area contributed by atoms with Crippen LogP contribution in [0.15, 0.2) is 0 Å². The van der Waals surface area contributed by atoms with Gasteiger partial charge in [0, 0.05) is 6.54 Å². The van der Waals surface area contributed by atoms with Gasteiger partial charge in [-0.05, 0) is 43.3 Å². The molecule has 2 N–H and O–H groups in total. The average molecular weight is 274 g/mol. The molecule has 17 heavy (non-hydrogen) atoms. The lowest BCUT2D eigenvalue weighted by molar-refractivity contribution is 0.0697. The van der Waals surface area contributed by atoms with Crippen molar-refractivity contribution in [1.29, 1.82) is 0 Å². The Kier molecular flexibility index (Phi) is 6.36. The van der Waals surface area contributed by atoms with E-state index in [0.717, 1.165) is 13.0 Å². The number of nitrogens with one attached hydrogen (secondary N) is 1. The largest absolute Gasteiger partial charge is 0.478 e. The van der Waals surface area contributed by atoms with E-state index in [1.165, 1.54) is 30.1 Å². The van der Waals surface area contributed by atoms with Crippen LogP contribution in [0.1, 0.15) is 35.3 Å². The summed E-state index contributed by atoms with van der Waals surface area (Å²) in [5, 5.41) is 12.9. The molecule has 0 aliphatic heterocycles. The average Bonchev–Trinajstić information content (AvgIpc) is 2.65. The Morgan fingerprint density at radius 2 is 2.24 bits per heavy atom. The van der Waals surface area contributed by atoms with Gasteiger partial charge in [-0.2, -0.15) is 16.1 Å². The topological polar surface area (TPSA) is 62.2 Å². The first-order valence-corrected chi connectivity index (χ1v) is 7.76. The number of aromatic carboxylic acids is 1. The first-order valence-electron chi connectivity index (χ1n) is 5.59. The minimum Gasteiger partial charge on any atom is -0.478 e. The zero-order chi connectivity index (χ0) is 12.7. The van der Waals surface area contributed by atoms with Crippen LogP contribution in [-0.4, -0.2) is 34.0 Å². The second-order valence-corrected chi connectivity index (χ2v) is 5.52. The van der Waals surface area contributed by atoms with Crippen LogP contribution in [0.5, 0.6) is 0 Å². The number of thioether (sulfide) groups is 1. The molecule has 0 aliphatic rings. The number of rotatable bonds is 8. The number of unbranched alkanes of at least 4 members (excludes halogenated alkanes) is 2. The van der Waals surface area contributed by atoms with Gasteiger partial charge in [0.2, 0.25) is 0 Å². The van der Waals surface area contributed by atoms with Gasteiger partial charge in [-0.3, -0.25) is 0 Å². The monoisotopic (exact) mass is 274 g/mol. The van der Waals surface area contributed by atoms with Gasteiger partial charge in [0.25, 0.3) is 0 Å². The summed E-state index contributed by atoms with van der Waals surface area (Å²) in [6.07, 6.45) is 5.57. The third-order valence-electron chi connectivity index (χ3n) is 2.39. The summed E-state index contributed by atoms with van der Waals surface area (Å²) in [5.74, 6) is 0.293. The summed E-state index contributed by atoms with van der Waals surface area (Å²) in [7, 11) is 0. The van der Waals surface area contributed by atoms with Crippen LogP contribution in [-0.2, 0) is 0 Å². The molecule has 0 saturated carbocycles. The third kappa shape index (κ3) is 4.55. The molecule has 4 nitrogen and oxygen atoms in total. The van der Waals surface area contributed by atoms with Crippen molar-refractivity contribution in [2.24, 2.45) is 0 Å². The van der Waals surface area contributed by atoms with Crippen LogP contribution < -0.4 is 5.32 Å². The zero-order valence-electron chi connectivity index (χ0n) is 10.2. The second-order valence-electron chi connectivity index (χ2n) is 3.76. The smallest absolute Gasteiger partial charge is 0.340 e. The van der Waals surface area contributed by atoms with Gasteiger partial charge in [-0.1, -0.05) is 6.42 Å². The van der Waals surface area contributed by atoms with Gasteiger partial charge in [0.1, 0.15) is 10.6 Å². The van der Waals surface area contributed by atoms with E-state index in [4.69, 9.17) is 5.11 Å². The molecule has 0 radical (unpaired) electrons. The zero-order valence-corrected chi connectivity index (χ0v) is 11.8. The van der Waals surface area contributed by atoms with Crippen molar-refractivity contribution >= 4 is 34.3 Å². The van der Waals surface area contributed by atoms with Crippen LogP contribution in [0.25, 0.3) is 0 Å². The molecule has 0 spiro atoms. The minimum atomic E-state index is -0.902. The van der Waals surface area contributed by atoms with E-state index >= 15 is 0 Å². The van der Waals surface area contributed by atoms with E-state index in [1.807, 2.05) is 11.8 Å². The first-order chi connectivity index (χ1) is 8.16. The van der Waals surface area contributed by atoms with Crippen molar-refractivity contribution in [1.82, 2.24) is 4.37 Å². The number of carboxylic acids is 1. The SMILES string of the molecule is CSCCCCCNc1snc(C)c1C(=O)O. The van der Waals surface area contributed by atoms with Gasteiger partial charge >= 0.3 is 5.97 Å². The number of carboxylic acid groups (broad SMARTS) is 1. The van der Waals surface area contributed by atoms with Gasteiger partial charge in [-0.25, -0.2) is 4.79 Å². The molecule has 0 atom stereocenters. The lowest BCUT2D eigenvalue weighted by atomic mass is 10.2. The van der Waals surface area contributed by atoms with E-state index in [-0.39, 0.29) is 0 Å². The number of hydrogen-bond acceptors (Lipinski definition) is 5. The highest BCUT2D eigenvalue weighted by molar-refractivity contribution is 7.98. The van der Waals surface area contributed by atoms with Crippen molar-refractivity contribution < 1.29 is 9.90 Å². The summed E-state index contributed by atoms with van der Waals surface area (Å²) in [4.78, 5) is 11.0. The predicted octanol–water partition coefficient (Wildman–Crippen LogP) is 3.09. The second kappa shape index (κ2) is 7.55. The maximum Gasteiger partial charge on any atom is 0.340 e. The van der Waals surface area contributed by atoms with Crippen LogP contribution in [0.2, 0.25) is 0 Å². The summed E-state index contributed by atoms with van der Waals surface area (Å²) in [5.41, 5.74) is 0.909. The molecule has 1 aromatic heterocycles. The molecule has 1 rings (SSSR count). The first kappa shape index (κ1) is 14.3. The number of aromatic nitrogens is 1. The Bertz CT molecular complexity index is 366. The van der Waals surface area contributed by atoms with Crippen LogP contribution in [0, 0.1) is 6.92 Å². The number of aryl methyl sites for hydroxylation is 1. The highest BCUT2D eigenvalue weighted by Crippen LogP contribution is 2.24. The minimum absolute atomic E-state index is 0.319. The summed E-state index contributed by atoms with van der Waals surface area (Å²) in [6, 6.07) is 0. The highest BCUT2D eigenvalue weighted by Gasteiger charge is 2.16. The fourth-order valence-electron chi connectivity index (χ4n) is 1.49. The molecule has 0 bridgehead atoms. The van der Waals surface area contributed by atoms with Crippen LogP contribution in [0.3, 0.4) is 0 Å². The molecule has 0 aliphatic carbocycles. The van der Waals surface area contributed by atoms with Crippen molar-refractivity contribution in [3.05, 3.63) is 11.3 Å². The van der Waals surface area contributed by atoms with Crippen molar-refractivity contribution in [3.63, 3.8) is 0 Å². The Balaban J connectivity index is 2.34. The molecule has 1 aromatic rings. The van der Waals surface area contributed by atoms with Crippen molar-refractivity contribution in [3.8, 4) is 0 Å². The summed E-state index contributed by atoms with van der Waals surface area (Å²) < 4.78 is 4.06. The maximum atomic E-state index is 11.0. The highest BCUT2D eigenvalue weighted by atomic mass is 32.2. The molecule has 0 amide bonds. The van der Waals surface area contributed by atoms with Crippen molar-refractivity contribution in [2.45, 2.75) is 26.2 Å². The molecule has 6 heteroatoms. The molecule has 0 fully saturated rings. The van der Waals surface area contributed by atoms with E-state index < -0.39 is 5.97 Å². The van der Waals surface area contributed by atoms with Crippen LogP contribution in [0.4, 0.5) is 5.00 Å². The Labute approximate surface area is 110 Å². The third-order valence-corrected chi connectivity index (χ3v) is 3.98. The summed E-state index contributed by atoms with van der Waals surface area (Å²) in [6.45, 7) is 2.54. The van der Waals surface area contributed by atoms with E-state index in [1.54, 1.807) is 6.92 Å². The van der Waals surface area contributed by atoms with Gasteiger partial charge in [0.15, 0.2) is 0 Å². The quantitative estimate of drug-likeness (QED) is 0.713. The van der Waals surface area contributed by atoms with Gasteiger partial charge < -0.3 is 10.4 Å². The molecule has 0 unspecified atom stereocenters. The number of nitrogens with zero attached hydrogens (tertiary/aromatic N) is 1. The molecule has 1 heterocycles.